The van der Waals surface area contributed by atoms with Gasteiger partial charge in [0.05, 0.1) is 63.9 Å². The molecule has 14 rings (SSSR count). The van der Waals surface area contributed by atoms with Gasteiger partial charge >= 0.3 is 11.9 Å². The second-order valence-electron chi connectivity index (χ2n) is 27.5. The molecule has 0 aliphatic carbocycles. The lowest BCUT2D eigenvalue weighted by atomic mass is 9.98. The van der Waals surface area contributed by atoms with Crippen LogP contribution < -0.4 is 36.1 Å². The van der Waals surface area contributed by atoms with Crippen LogP contribution in [0, 0.1) is 27.7 Å². The fourth-order valence-electron chi connectivity index (χ4n) is 14.0. The number of carboxylic acid groups (broad SMARTS) is 1. The number of carbonyl (C=O) groups excluding carboxylic acids is 13. The van der Waals surface area contributed by atoms with Gasteiger partial charge in [0.25, 0.3) is 41.4 Å². The number of amides is 11. The minimum Gasteiger partial charge on any atom is -0.483 e. The molecule has 6 aliphatic rings. The van der Waals surface area contributed by atoms with E-state index in [0.29, 0.717) is 108 Å². The number of ketones is 1. The molecule has 10 heterocycles. The van der Waals surface area contributed by atoms with Crippen molar-refractivity contribution in [2.24, 2.45) is 9.98 Å². The van der Waals surface area contributed by atoms with Crippen molar-refractivity contribution in [1.82, 2.24) is 65.9 Å². The van der Waals surface area contributed by atoms with Crippen LogP contribution in [-0.4, -0.2) is 191 Å². The first-order valence-electron chi connectivity index (χ1n) is 36.9. The Labute approximate surface area is 694 Å². The van der Waals surface area contributed by atoms with E-state index >= 15 is 0 Å². The van der Waals surface area contributed by atoms with E-state index in [0.717, 1.165) is 39.5 Å². The van der Waals surface area contributed by atoms with Gasteiger partial charge in [-0.1, -0.05) is 94.2 Å². The molecule has 0 radical (unpaired) electrons. The standard InChI is InChI=1S/C39H37ClN8O9S.C20H17ClN4O3S.C20H23N3O6.2CH4/c1-19-30(32-33(21-9-11-22(40)12-10-21)43-24(17-29(51)56-3)34-46-45-20(2)47(34)39(32)58-19)36(53)42-16-5-4-15-41-28(50)18-57-26-8-6-7-23-31(26)38(55)48(37(23)54)25-13-14-27(49)44-35(25)52;1-9(26)8-14-18-24-23-11(3)25(18)19-16(15(20(27)28)10(2)29-19)17(22-14)12-4-6-13(21)7-5-12;1-2-3-4-10-21-16(25)11-29-14-7-5-6-12-17(14)20(28)23(19(12)27)13-8-9-15(24)22-18(13)26;;/h6-12,24-25H,4-5,13-18H2,1-3H3,(H,41,50)(H,42,53)(H,44,49,52);4-7,14H,8H2,1-3H3,(H,27,28);5-7,13H,2-4,8-11H2,1H3,(H,21,25)(H,22,24,26);2*1H4/t24-,25?;14-;;;/m01.../s1. The van der Waals surface area contributed by atoms with Crippen LogP contribution in [0.5, 0.6) is 11.5 Å². The van der Waals surface area contributed by atoms with Gasteiger partial charge in [-0.05, 0) is 115 Å². The van der Waals surface area contributed by atoms with E-state index < -0.39 is 95.9 Å². The molecular weight excluding hydrogens is 1610 g/mol. The third-order valence-electron chi connectivity index (χ3n) is 19.5. The number of Topliss-reactive ketones (excluding diaryl/α,β-unsaturated/α-hetero) is 1. The van der Waals surface area contributed by atoms with Gasteiger partial charge in [-0.25, -0.2) is 4.79 Å². The van der Waals surface area contributed by atoms with Gasteiger partial charge in [0.15, 0.2) is 24.9 Å². The minimum atomic E-state index is -1.13. The summed E-state index contributed by atoms with van der Waals surface area (Å²) in [5.41, 5.74) is 4.24. The summed E-state index contributed by atoms with van der Waals surface area (Å²) in [5.74, 6) is -5.41. The number of methoxy groups -OCH3 is 1. The zero-order chi connectivity index (χ0) is 83.1. The number of hydrogen-bond acceptors (Lipinski definition) is 25. The number of piperidine rings is 2. The van der Waals surface area contributed by atoms with Crippen LogP contribution in [0.2, 0.25) is 10.0 Å². The Kier molecular flexibility index (Phi) is 28.5. The molecule has 4 atom stereocenters. The topological polar surface area (TPSA) is 440 Å². The average Bonchev–Trinajstić information content (AvgIpc) is 1.48. The van der Waals surface area contributed by atoms with Gasteiger partial charge in [-0.3, -0.25) is 102 Å². The largest absolute Gasteiger partial charge is 0.483 e. The number of nitrogens with one attached hydrogen (secondary N) is 5. The monoisotopic (exact) mass is 1690 g/mol. The zero-order valence-corrected chi connectivity index (χ0v) is 66.8. The van der Waals surface area contributed by atoms with E-state index in [1.807, 2.05) is 16.1 Å². The van der Waals surface area contributed by atoms with Crippen molar-refractivity contribution in [2.45, 2.75) is 151 Å². The third kappa shape index (κ3) is 18.6. The summed E-state index contributed by atoms with van der Waals surface area (Å²) in [6.45, 7) is 11.1. The molecule has 0 bridgehead atoms. The average molecular weight is 1690 g/mol. The molecule has 0 spiro atoms. The number of aliphatic imine (C=N–C) groups is 2. The highest BCUT2D eigenvalue weighted by Crippen LogP contribution is 2.43. The van der Waals surface area contributed by atoms with E-state index in [1.54, 1.807) is 75.4 Å². The summed E-state index contributed by atoms with van der Waals surface area (Å²) in [7, 11) is 1.30. The number of esters is 1. The van der Waals surface area contributed by atoms with Gasteiger partial charge in [-0.15, -0.1) is 43.1 Å². The fraction of sp³-hybridized carbons (Fsp3) is 0.358. The number of imide groups is 4. The maximum absolute atomic E-state index is 13.9. The van der Waals surface area contributed by atoms with Gasteiger partial charge in [0, 0.05) is 75.4 Å². The van der Waals surface area contributed by atoms with E-state index in [1.165, 1.54) is 67.0 Å². The van der Waals surface area contributed by atoms with Crippen molar-refractivity contribution < 1.29 is 86.4 Å². The molecule has 118 heavy (non-hydrogen) atoms. The van der Waals surface area contributed by atoms with E-state index in [2.05, 4.69) is 53.9 Å². The number of unbranched alkanes of at least 4 members (excludes halogenated alkanes) is 3. The van der Waals surface area contributed by atoms with E-state index in [9.17, 15) is 72.2 Å². The Hall–Kier alpha value is -12.3. The van der Waals surface area contributed by atoms with Crippen molar-refractivity contribution in [1.29, 1.82) is 0 Å². The first-order valence-corrected chi connectivity index (χ1v) is 39.3. The Morgan fingerprint density at radius 2 is 0.958 bits per heavy atom. The van der Waals surface area contributed by atoms with Crippen molar-refractivity contribution in [2.75, 3.05) is 40.0 Å². The zero-order valence-electron chi connectivity index (χ0n) is 63.6. The maximum Gasteiger partial charge on any atom is 0.337 e. The third-order valence-corrected chi connectivity index (χ3v) is 22.2. The van der Waals surface area contributed by atoms with E-state index in [-0.39, 0.29) is 123 Å². The molecule has 4 aromatic carbocycles. The van der Waals surface area contributed by atoms with Crippen LogP contribution in [0.25, 0.3) is 10.0 Å². The number of nitrogens with zero attached hydrogens (tertiary/aromatic N) is 10. The Balaban J connectivity index is 0.000000205. The molecule has 33 nitrogen and oxygen atoms in total. The molecule has 2 fully saturated rings. The van der Waals surface area contributed by atoms with Crippen molar-refractivity contribution in [3.05, 3.63) is 184 Å². The summed E-state index contributed by atoms with van der Waals surface area (Å²) < 4.78 is 19.8. The smallest absolute Gasteiger partial charge is 0.337 e. The normalized spacial score (nSPS) is 16.7. The molecule has 2 unspecified atom stereocenters. The molecule has 618 valence electrons. The summed E-state index contributed by atoms with van der Waals surface area (Å²) in [6, 6.07) is 19.6. The molecule has 0 saturated carbocycles. The highest BCUT2D eigenvalue weighted by atomic mass is 35.5. The number of hydrogen-bond donors (Lipinski definition) is 6. The molecule has 8 aromatic rings. The SMILES string of the molecule is C.C.CC(=O)C[C@H]1N=C(c2ccc(Cl)cc2)c2c(sc(C)c2C(=O)O)-n2c(C)nnc21.CCCCCNC(=O)COc1cccc2c1C(=O)N(C1CCC(=O)NC1=O)C2=O.COC(=O)C[C@@H]1N=C(c2ccc(Cl)cc2)c2c(sc(C)c2C(=O)NCCCCNC(=O)COc2cccc3c2C(=O)N(C2CCC(=O)NC2=O)C3=O)-n2c(C)nnc21. The lowest BCUT2D eigenvalue weighted by molar-refractivity contribution is -0.141. The number of carboxylic acids is 1. The van der Waals surface area contributed by atoms with Crippen LogP contribution in [0.3, 0.4) is 0 Å². The predicted molar refractivity (Wildman–Crippen MR) is 434 cm³/mol. The highest BCUT2D eigenvalue weighted by molar-refractivity contribution is 7.15. The lowest BCUT2D eigenvalue weighted by Crippen LogP contribution is -2.54. The number of thiophene rings is 2. The number of rotatable bonds is 25. The maximum atomic E-state index is 13.9. The van der Waals surface area contributed by atoms with E-state index in [4.69, 9.17) is 47.4 Å². The highest BCUT2D eigenvalue weighted by Gasteiger charge is 2.48. The minimum absolute atomic E-state index is 0. The molecule has 6 aliphatic heterocycles. The number of aryl methyl sites for hydroxylation is 4. The van der Waals surface area contributed by atoms with Crippen LogP contribution >= 0.6 is 45.9 Å². The van der Waals surface area contributed by atoms with Crippen molar-refractivity contribution in [3.63, 3.8) is 0 Å². The first-order chi connectivity index (χ1) is 55.6. The molecule has 6 N–H and O–H groups in total. The molecule has 11 amide bonds. The van der Waals surface area contributed by atoms with Crippen LogP contribution in [0.1, 0.15) is 229 Å². The number of carbonyl (C=O) groups is 14. The summed E-state index contributed by atoms with van der Waals surface area (Å²) in [4.78, 5) is 188. The van der Waals surface area contributed by atoms with Crippen molar-refractivity contribution >= 4 is 140 Å². The summed E-state index contributed by atoms with van der Waals surface area (Å²) in [5, 5.41) is 42.2. The number of fused-ring (bicyclic) bond motifs is 8. The number of halogens is 2. The molecule has 2 saturated heterocycles. The molecule has 37 heteroatoms. The quantitative estimate of drug-likeness (QED) is 0.0176. The van der Waals surface area contributed by atoms with Gasteiger partial charge in [0.1, 0.15) is 63.1 Å². The second-order valence-corrected chi connectivity index (χ2v) is 30.8. The van der Waals surface area contributed by atoms with Crippen LogP contribution in [0.4, 0.5) is 0 Å². The Bertz CT molecular complexity index is 5440. The number of aromatic nitrogens is 6. The fourth-order valence-corrected chi connectivity index (χ4v) is 16.7. The van der Waals surface area contributed by atoms with Crippen molar-refractivity contribution in [3.8, 4) is 21.5 Å². The number of benzene rings is 4. The summed E-state index contributed by atoms with van der Waals surface area (Å²) in [6.07, 6.45) is 4.14. The second kappa shape index (κ2) is 38.2. The molecule has 4 aromatic heterocycles. The summed E-state index contributed by atoms with van der Waals surface area (Å²) >= 11 is 15.0. The lowest BCUT2D eigenvalue weighted by Gasteiger charge is -2.27. The Morgan fingerprint density at radius 1 is 0.542 bits per heavy atom. The van der Waals surface area contributed by atoms with Gasteiger partial charge < -0.3 is 35.3 Å². The van der Waals surface area contributed by atoms with Crippen LogP contribution in [-0.2, 0) is 43.1 Å². The first kappa shape index (κ1) is 88.0. The number of aromatic carboxylic acids is 1. The van der Waals surface area contributed by atoms with Gasteiger partial charge in [-0.2, -0.15) is 0 Å². The molecular formula is C81H85Cl2N15O18S2. The predicted octanol–water partition coefficient (Wildman–Crippen LogP) is 9.37. The van der Waals surface area contributed by atoms with Crippen LogP contribution in [0.15, 0.2) is 94.9 Å². The van der Waals surface area contributed by atoms with Gasteiger partial charge in [0.2, 0.25) is 23.6 Å². The number of ether oxygens (including phenoxy) is 3. The Morgan fingerprint density at radius 3 is 1.37 bits per heavy atom.